The number of rotatable bonds is 7. The van der Waals surface area contributed by atoms with E-state index in [1.54, 1.807) is 27.0 Å². The number of hydrogen-bond donors (Lipinski definition) is 1. The third-order valence-corrected chi connectivity index (χ3v) is 6.40. The molecule has 0 aliphatic rings. The van der Waals surface area contributed by atoms with E-state index in [9.17, 15) is 14.4 Å². The van der Waals surface area contributed by atoms with E-state index in [4.69, 9.17) is 13.9 Å². The van der Waals surface area contributed by atoms with Crippen LogP contribution in [0.4, 0.5) is 5.00 Å². The molecule has 1 aromatic carbocycles. The molecule has 0 aliphatic heterocycles. The topological polar surface area (TPSA) is 94.8 Å². The highest BCUT2D eigenvalue weighted by Gasteiger charge is 2.27. The van der Waals surface area contributed by atoms with Gasteiger partial charge in [-0.2, -0.15) is 0 Å². The molecule has 0 saturated heterocycles. The molecule has 8 heteroatoms. The van der Waals surface area contributed by atoms with E-state index < -0.39 is 11.9 Å². The highest BCUT2D eigenvalue weighted by atomic mass is 32.1. The lowest BCUT2D eigenvalue weighted by Crippen LogP contribution is -2.16. The maximum atomic E-state index is 12.9. The Bertz CT molecular complexity index is 1200. The SMILES string of the molecule is CCOC(=O)c1sc(NC(=O)Cc2coc3ccc(C(C)(C)C)cc23)c(C(=O)OCC)c1C. The zero-order valence-electron chi connectivity index (χ0n) is 19.8. The quantitative estimate of drug-likeness (QED) is 0.449. The Morgan fingerprint density at radius 2 is 1.73 bits per heavy atom. The number of thiophene rings is 1. The second-order valence-corrected chi connectivity index (χ2v) is 9.67. The standard InChI is InChI=1S/C25H29NO6S/c1-7-30-23(28)20-14(3)21(24(29)31-8-2)33-22(20)26-19(27)11-15-13-32-18-10-9-16(12-17(15)18)25(4,5)6/h9-10,12-13H,7-8,11H2,1-6H3,(H,26,27). The summed E-state index contributed by atoms with van der Waals surface area (Å²) in [6, 6.07) is 5.97. The van der Waals surface area contributed by atoms with Gasteiger partial charge in [-0.15, -0.1) is 11.3 Å². The van der Waals surface area contributed by atoms with Crippen molar-refractivity contribution in [2.75, 3.05) is 18.5 Å². The number of benzene rings is 1. The molecule has 3 aromatic rings. The minimum Gasteiger partial charge on any atom is -0.464 e. The number of anilines is 1. The summed E-state index contributed by atoms with van der Waals surface area (Å²) < 4.78 is 15.9. The van der Waals surface area contributed by atoms with Crippen LogP contribution in [0, 0.1) is 6.92 Å². The van der Waals surface area contributed by atoms with E-state index in [-0.39, 0.29) is 46.4 Å². The Morgan fingerprint density at radius 1 is 1.06 bits per heavy atom. The monoisotopic (exact) mass is 471 g/mol. The van der Waals surface area contributed by atoms with Crippen LogP contribution in [0.25, 0.3) is 11.0 Å². The van der Waals surface area contributed by atoms with Gasteiger partial charge in [-0.25, -0.2) is 9.59 Å². The predicted molar refractivity (Wildman–Crippen MR) is 128 cm³/mol. The normalized spacial score (nSPS) is 11.5. The van der Waals surface area contributed by atoms with Crippen molar-refractivity contribution in [3.8, 4) is 0 Å². The molecule has 1 N–H and O–H groups in total. The highest BCUT2D eigenvalue weighted by molar-refractivity contribution is 7.18. The van der Waals surface area contributed by atoms with E-state index in [0.717, 1.165) is 27.8 Å². The smallest absolute Gasteiger partial charge is 0.348 e. The van der Waals surface area contributed by atoms with Crippen molar-refractivity contribution in [3.05, 3.63) is 51.6 Å². The summed E-state index contributed by atoms with van der Waals surface area (Å²) >= 11 is 1.01. The first kappa shape index (κ1) is 24.5. The number of furan rings is 1. The zero-order valence-corrected chi connectivity index (χ0v) is 20.6. The summed E-state index contributed by atoms with van der Waals surface area (Å²) in [5.74, 6) is -1.47. The number of fused-ring (bicyclic) bond motifs is 1. The lowest BCUT2D eigenvalue weighted by atomic mass is 9.86. The summed E-state index contributed by atoms with van der Waals surface area (Å²) in [7, 11) is 0. The lowest BCUT2D eigenvalue weighted by molar-refractivity contribution is -0.115. The van der Waals surface area contributed by atoms with Gasteiger partial charge in [0.2, 0.25) is 5.91 Å². The first-order valence-electron chi connectivity index (χ1n) is 10.8. The van der Waals surface area contributed by atoms with Gasteiger partial charge < -0.3 is 19.2 Å². The fourth-order valence-corrected chi connectivity index (χ4v) is 4.58. The first-order chi connectivity index (χ1) is 15.6. The first-order valence-corrected chi connectivity index (χ1v) is 11.7. The summed E-state index contributed by atoms with van der Waals surface area (Å²) in [6.07, 6.45) is 1.63. The summed E-state index contributed by atoms with van der Waals surface area (Å²) in [6.45, 7) is 11.8. The largest absolute Gasteiger partial charge is 0.464 e. The Labute approximate surface area is 197 Å². The second-order valence-electron chi connectivity index (χ2n) is 8.65. The maximum Gasteiger partial charge on any atom is 0.348 e. The molecule has 0 aliphatic carbocycles. The fourth-order valence-electron chi connectivity index (χ4n) is 3.47. The Kier molecular flexibility index (Phi) is 7.27. The van der Waals surface area contributed by atoms with Crippen LogP contribution in [0.2, 0.25) is 0 Å². The van der Waals surface area contributed by atoms with E-state index in [1.807, 2.05) is 18.2 Å². The van der Waals surface area contributed by atoms with Crippen LogP contribution in [-0.2, 0) is 26.1 Å². The molecular formula is C25H29NO6S. The second kappa shape index (κ2) is 9.79. The van der Waals surface area contributed by atoms with Crippen LogP contribution in [0.5, 0.6) is 0 Å². The molecule has 2 aromatic heterocycles. The van der Waals surface area contributed by atoms with Gasteiger partial charge >= 0.3 is 11.9 Å². The average Bonchev–Trinajstić information content (AvgIpc) is 3.28. The van der Waals surface area contributed by atoms with Crippen LogP contribution in [0.3, 0.4) is 0 Å². The molecule has 0 bridgehead atoms. The van der Waals surface area contributed by atoms with Gasteiger partial charge in [0.25, 0.3) is 0 Å². The molecule has 2 heterocycles. The third-order valence-electron chi connectivity index (χ3n) is 5.21. The van der Waals surface area contributed by atoms with Crippen LogP contribution < -0.4 is 5.32 Å². The van der Waals surface area contributed by atoms with Gasteiger partial charge in [0.1, 0.15) is 15.5 Å². The number of nitrogens with one attached hydrogen (secondary N) is 1. The molecule has 3 rings (SSSR count). The number of esters is 2. The van der Waals surface area contributed by atoms with Crippen molar-refractivity contribution in [3.63, 3.8) is 0 Å². The van der Waals surface area contributed by atoms with Crippen LogP contribution in [0.15, 0.2) is 28.9 Å². The molecule has 0 unspecified atom stereocenters. The van der Waals surface area contributed by atoms with Crippen molar-refractivity contribution in [2.45, 2.75) is 53.4 Å². The Morgan fingerprint density at radius 3 is 2.36 bits per heavy atom. The number of amides is 1. The number of ether oxygens (including phenoxy) is 2. The molecule has 0 radical (unpaired) electrons. The minimum atomic E-state index is -0.597. The van der Waals surface area contributed by atoms with Crippen molar-refractivity contribution in [1.29, 1.82) is 0 Å². The summed E-state index contributed by atoms with van der Waals surface area (Å²) in [5, 5.41) is 3.92. The summed E-state index contributed by atoms with van der Waals surface area (Å²) in [5.41, 5.74) is 3.13. The molecule has 33 heavy (non-hydrogen) atoms. The third kappa shape index (κ3) is 5.27. The van der Waals surface area contributed by atoms with Crippen molar-refractivity contribution >= 4 is 45.2 Å². The number of hydrogen-bond acceptors (Lipinski definition) is 7. The Balaban J connectivity index is 1.90. The van der Waals surface area contributed by atoms with E-state index in [1.165, 1.54) is 0 Å². The summed E-state index contributed by atoms with van der Waals surface area (Å²) in [4.78, 5) is 38.1. The van der Waals surface area contributed by atoms with Gasteiger partial charge in [0, 0.05) is 10.9 Å². The molecule has 7 nitrogen and oxygen atoms in total. The maximum absolute atomic E-state index is 12.9. The lowest BCUT2D eigenvalue weighted by Gasteiger charge is -2.18. The zero-order chi connectivity index (χ0) is 24.3. The number of carbonyl (C=O) groups excluding carboxylic acids is 3. The van der Waals surface area contributed by atoms with Crippen LogP contribution in [0.1, 0.15) is 71.3 Å². The van der Waals surface area contributed by atoms with Gasteiger partial charge in [-0.1, -0.05) is 26.8 Å². The molecule has 0 atom stereocenters. The van der Waals surface area contributed by atoms with E-state index >= 15 is 0 Å². The molecule has 1 amide bonds. The average molecular weight is 472 g/mol. The fraction of sp³-hybridized carbons (Fsp3) is 0.400. The molecular weight excluding hydrogens is 442 g/mol. The predicted octanol–water partition coefficient (Wildman–Crippen LogP) is 5.63. The van der Waals surface area contributed by atoms with Crippen molar-refractivity contribution in [2.24, 2.45) is 0 Å². The molecule has 176 valence electrons. The molecule has 0 saturated carbocycles. The van der Waals surface area contributed by atoms with Crippen LogP contribution in [-0.4, -0.2) is 31.1 Å². The van der Waals surface area contributed by atoms with Crippen molar-refractivity contribution in [1.82, 2.24) is 0 Å². The van der Waals surface area contributed by atoms with Gasteiger partial charge in [-0.3, -0.25) is 4.79 Å². The van der Waals surface area contributed by atoms with E-state index in [0.29, 0.717) is 11.1 Å². The number of carbonyl (C=O) groups is 3. The van der Waals surface area contributed by atoms with Gasteiger partial charge in [-0.05, 0) is 49.4 Å². The molecule has 0 spiro atoms. The van der Waals surface area contributed by atoms with E-state index in [2.05, 4.69) is 26.1 Å². The molecule has 0 fully saturated rings. The Hall–Kier alpha value is -3.13. The van der Waals surface area contributed by atoms with Gasteiger partial charge in [0.15, 0.2) is 0 Å². The highest BCUT2D eigenvalue weighted by Crippen LogP contribution is 2.35. The minimum absolute atomic E-state index is 0.0441. The van der Waals surface area contributed by atoms with Gasteiger partial charge in [0.05, 0.1) is 31.5 Å². The van der Waals surface area contributed by atoms with Crippen molar-refractivity contribution < 1.29 is 28.3 Å². The van der Waals surface area contributed by atoms with Crippen LogP contribution >= 0.6 is 11.3 Å².